The van der Waals surface area contributed by atoms with Crippen LogP contribution < -0.4 is 10.6 Å². The lowest BCUT2D eigenvalue weighted by Gasteiger charge is -2.38. The van der Waals surface area contributed by atoms with Crippen molar-refractivity contribution < 1.29 is 9.59 Å². The van der Waals surface area contributed by atoms with Gasteiger partial charge in [0.2, 0.25) is 11.8 Å². The summed E-state index contributed by atoms with van der Waals surface area (Å²) in [4.78, 5) is 30.0. The number of rotatable bonds is 8. The number of hydrogen-bond donors (Lipinski definition) is 2. The predicted octanol–water partition coefficient (Wildman–Crippen LogP) is 2.83. The Balaban J connectivity index is 1.34. The van der Waals surface area contributed by atoms with E-state index in [0.717, 1.165) is 62.3 Å². The molecule has 2 aliphatic rings. The SMILES string of the molecule is CCc1ccccc1NC(=O)CN1CCN([C@H](C(=O)NC2CC2)c2ccccc2)CC1. The van der Waals surface area contributed by atoms with Gasteiger partial charge in [0, 0.05) is 37.9 Å². The van der Waals surface area contributed by atoms with Gasteiger partial charge in [-0.05, 0) is 36.5 Å². The summed E-state index contributed by atoms with van der Waals surface area (Å²) in [6, 6.07) is 18.0. The van der Waals surface area contributed by atoms with Crippen molar-refractivity contribution in [1.29, 1.82) is 0 Å². The first-order valence-electron chi connectivity index (χ1n) is 11.3. The van der Waals surface area contributed by atoms with Crippen LogP contribution in [0.3, 0.4) is 0 Å². The van der Waals surface area contributed by atoms with Crippen LogP contribution in [0.25, 0.3) is 0 Å². The lowest BCUT2D eigenvalue weighted by Crippen LogP contribution is -2.52. The van der Waals surface area contributed by atoms with E-state index in [1.807, 2.05) is 54.6 Å². The molecule has 2 N–H and O–H groups in total. The molecule has 0 aromatic heterocycles. The molecule has 164 valence electrons. The Bertz CT molecular complexity index is 889. The molecule has 2 aromatic carbocycles. The van der Waals surface area contributed by atoms with Crippen molar-refractivity contribution in [2.45, 2.75) is 38.3 Å². The second-order valence-electron chi connectivity index (χ2n) is 8.47. The number of piperazine rings is 1. The molecular formula is C25H32N4O2. The van der Waals surface area contributed by atoms with E-state index in [1.54, 1.807) is 0 Å². The zero-order chi connectivity index (χ0) is 21.6. The van der Waals surface area contributed by atoms with Crippen molar-refractivity contribution >= 4 is 17.5 Å². The molecule has 1 saturated carbocycles. The highest BCUT2D eigenvalue weighted by Gasteiger charge is 2.33. The number of nitrogens with one attached hydrogen (secondary N) is 2. The summed E-state index contributed by atoms with van der Waals surface area (Å²) in [5.74, 6) is 0.108. The van der Waals surface area contributed by atoms with Crippen molar-refractivity contribution in [2.75, 3.05) is 38.0 Å². The third kappa shape index (κ3) is 5.71. The minimum Gasteiger partial charge on any atom is -0.352 e. The van der Waals surface area contributed by atoms with E-state index in [-0.39, 0.29) is 17.9 Å². The number of carbonyl (C=O) groups excluding carboxylic acids is 2. The molecular weight excluding hydrogens is 388 g/mol. The van der Waals surface area contributed by atoms with E-state index >= 15 is 0 Å². The quantitative estimate of drug-likeness (QED) is 0.689. The Hall–Kier alpha value is -2.70. The normalized spacial score (nSPS) is 18.4. The summed E-state index contributed by atoms with van der Waals surface area (Å²) < 4.78 is 0. The smallest absolute Gasteiger partial charge is 0.242 e. The zero-order valence-electron chi connectivity index (χ0n) is 18.2. The maximum Gasteiger partial charge on any atom is 0.242 e. The Morgan fingerprint density at radius 1 is 0.968 bits per heavy atom. The fraction of sp³-hybridized carbons (Fsp3) is 0.440. The lowest BCUT2D eigenvalue weighted by atomic mass is 10.0. The maximum absolute atomic E-state index is 13.0. The molecule has 0 spiro atoms. The molecule has 0 unspecified atom stereocenters. The van der Waals surface area contributed by atoms with Crippen molar-refractivity contribution in [1.82, 2.24) is 15.1 Å². The second kappa shape index (κ2) is 10.1. The van der Waals surface area contributed by atoms with Gasteiger partial charge in [-0.3, -0.25) is 19.4 Å². The van der Waals surface area contributed by atoms with E-state index in [1.165, 1.54) is 0 Å². The van der Waals surface area contributed by atoms with E-state index in [2.05, 4.69) is 27.4 Å². The molecule has 31 heavy (non-hydrogen) atoms. The Labute approximate surface area is 184 Å². The first kappa shape index (κ1) is 21.5. The first-order valence-corrected chi connectivity index (χ1v) is 11.3. The van der Waals surface area contributed by atoms with Crippen LogP contribution in [0.2, 0.25) is 0 Å². The molecule has 1 atom stereocenters. The van der Waals surface area contributed by atoms with Crippen LogP contribution in [0.4, 0.5) is 5.69 Å². The molecule has 2 amide bonds. The van der Waals surface area contributed by atoms with E-state index in [0.29, 0.717) is 12.6 Å². The summed E-state index contributed by atoms with van der Waals surface area (Å²) in [5, 5.41) is 6.23. The molecule has 0 radical (unpaired) electrons. The summed E-state index contributed by atoms with van der Waals surface area (Å²) in [7, 11) is 0. The van der Waals surface area contributed by atoms with Crippen molar-refractivity contribution in [3.05, 3.63) is 65.7 Å². The lowest BCUT2D eigenvalue weighted by molar-refractivity contribution is -0.128. The van der Waals surface area contributed by atoms with Crippen LogP contribution in [0.15, 0.2) is 54.6 Å². The summed E-state index contributed by atoms with van der Waals surface area (Å²) in [6.45, 7) is 5.52. The zero-order valence-corrected chi connectivity index (χ0v) is 18.2. The Kier molecular flexibility index (Phi) is 6.99. The predicted molar refractivity (Wildman–Crippen MR) is 123 cm³/mol. The topological polar surface area (TPSA) is 64.7 Å². The minimum absolute atomic E-state index is 0.0143. The molecule has 1 saturated heterocycles. The molecule has 4 rings (SSSR count). The monoisotopic (exact) mass is 420 g/mol. The molecule has 6 nitrogen and oxygen atoms in total. The van der Waals surface area contributed by atoms with Gasteiger partial charge in [0.15, 0.2) is 0 Å². The minimum atomic E-state index is -0.269. The number of amides is 2. The van der Waals surface area contributed by atoms with E-state index in [9.17, 15) is 9.59 Å². The maximum atomic E-state index is 13.0. The van der Waals surface area contributed by atoms with Gasteiger partial charge in [0.05, 0.1) is 6.54 Å². The molecule has 2 aromatic rings. The van der Waals surface area contributed by atoms with Crippen molar-refractivity contribution in [3.63, 3.8) is 0 Å². The van der Waals surface area contributed by atoms with Gasteiger partial charge >= 0.3 is 0 Å². The number of nitrogens with zero attached hydrogens (tertiary/aromatic N) is 2. The summed E-state index contributed by atoms with van der Waals surface area (Å²) in [5.41, 5.74) is 3.07. The molecule has 1 aliphatic heterocycles. The number of benzene rings is 2. The number of hydrogen-bond acceptors (Lipinski definition) is 4. The number of para-hydroxylation sites is 1. The average Bonchev–Trinajstić information content (AvgIpc) is 3.60. The van der Waals surface area contributed by atoms with Gasteiger partial charge < -0.3 is 10.6 Å². The molecule has 6 heteroatoms. The average molecular weight is 421 g/mol. The number of anilines is 1. The van der Waals surface area contributed by atoms with Crippen molar-refractivity contribution in [2.24, 2.45) is 0 Å². The fourth-order valence-corrected chi connectivity index (χ4v) is 4.19. The first-order chi connectivity index (χ1) is 15.1. The highest BCUT2D eigenvalue weighted by molar-refractivity contribution is 5.93. The van der Waals surface area contributed by atoms with Crippen LogP contribution >= 0.6 is 0 Å². The van der Waals surface area contributed by atoms with Gasteiger partial charge in [0.1, 0.15) is 6.04 Å². The van der Waals surface area contributed by atoms with Gasteiger partial charge in [-0.2, -0.15) is 0 Å². The summed E-state index contributed by atoms with van der Waals surface area (Å²) >= 11 is 0. The number of carbonyl (C=O) groups is 2. The van der Waals surface area contributed by atoms with Crippen LogP contribution in [0.5, 0.6) is 0 Å². The second-order valence-corrected chi connectivity index (χ2v) is 8.47. The number of aryl methyl sites for hydroxylation is 1. The van der Waals surface area contributed by atoms with Crippen LogP contribution in [-0.2, 0) is 16.0 Å². The van der Waals surface area contributed by atoms with E-state index in [4.69, 9.17) is 0 Å². The third-order valence-electron chi connectivity index (χ3n) is 6.10. The molecule has 1 heterocycles. The van der Waals surface area contributed by atoms with E-state index < -0.39 is 0 Å². The van der Waals surface area contributed by atoms with Gasteiger partial charge in [0.25, 0.3) is 0 Å². The van der Waals surface area contributed by atoms with Crippen LogP contribution in [0.1, 0.15) is 36.9 Å². The standard InChI is InChI=1S/C25H32N4O2/c1-2-19-8-6-7-11-22(19)27-23(30)18-28-14-16-29(17-15-28)24(20-9-4-3-5-10-20)25(31)26-21-12-13-21/h3-11,21,24H,2,12-18H2,1H3,(H,26,31)(H,27,30)/t24-/m0/s1. The molecule has 2 fully saturated rings. The highest BCUT2D eigenvalue weighted by atomic mass is 16.2. The van der Waals surface area contributed by atoms with Crippen LogP contribution in [-0.4, -0.2) is 60.4 Å². The van der Waals surface area contributed by atoms with Gasteiger partial charge in [-0.25, -0.2) is 0 Å². The van der Waals surface area contributed by atoms with Gasteiger partial charge in [-0.1, -0.05) is 55.5 Å². The Morgan fingerprint density at radius 3 is 2.32 bits per heavy atom. The van der Waals surface area contributed by atoms with Crippen LogP contribution in [0, 0.1) is 0 Å². The van der Waals surface area contributed by atoms with Crippen molar-refractivity contribution in [3.8, 4) is 0 Å². The third-order valence-corrected chi connectivity index (χ3v) is 6.10. The fourth-order valence-electron chi connectivity index (χ4n) is 4.19. The highest BCUT2D eigenvalue weighted by Crippen LogP contribution is 2.26. The summed E-state index contributed by atoms with van der Waals surface area (Å²) in [6.07, 6.45) is 3.05. The largest absolute Gasteiger partial charge is 0.352 e. The molecule has 0 bridgehead atoms. The van der Waals surface area contributed by atoms with Gasteiger partial charge in [-0.15, -0.1) is 0 Å². The Morgan fingerprint density at radius 2 is 1.65 bits per heavy atom. The molecule has 1 aliphatic carbocycles.